The molecule has 2 N–H and O–H groups in total. The lowest BCUT2D eigenvalue weighted by Crippen LogP contribution is -2.47. The van der Waals surface area contributed by atoms with Crippen molar-refractivity contribution in [2.75, 3.05) is 45.9 Å². The zero-order valence-corrected chi connectivity index (χ0v) is 26.1. The predicted molar refractivity (Wildman–Crippen MR) is 161 cm³/mol. The summed E-state index contributed by atoms with van der Waals surface area (Å²) in [6, 6.07) is 8.69. The van der Waals surface area contributed by atoms with Crippen molar-refractivity contribution < 1.29 is 33.4 Å². The molecule has 11 nitrogen and oxygen atoms in total. The lowest BCUT2D eigenvalue weighted by Gasteiger charge is -2.34. The molecular weight excluding hydrogens is 552 g/mol. The lowest BCUT2D eigenvalue weighted by atomic mass is 9.91. The van der Waals surface area contributed by atoms with Gasteiger partial charge in [-0.15, -0.1) is 0 Å². The van der Waals surface area contributed by atoms with E-state index in [4.69, 9.17) is 9.47 Å². The Bertz CT molecular complexity index is 1100. The van der Waals surface area contributed by atoms with E-state index in [0.717, 1.165) is 25.7 Å². The van der Waals surface area contributed by atoms with Gasteiger partial charge in [0.05, 0.1) is 18.4 Å². The van der Waals surface area contributed by atoms with Crippen LogP contribution < -0.4 is 10.6 Å². The van der Waals surface area contributed by atoms with E-state index in [1.54, 1.807) is 41.0 Å². The molecule has 2 atom stereocenters. The zero-order valence-electron chi connectivity index (χ0n) is 26.1. The molecule has 0 aromatic heterocycles. The quantitative estimate of drug-likeness (QED) is 0.372. The number of nitrogens with zero attached hydrogens (tertiary/aromatic N) is 2. The van der Waals surface area contributed by atoms with Crippen LogP contribution in [0, 0.1) is 17.8 Å². The van der Waals surface area contributed by atoms with Crippen molar-refractivity contribution in [3.63, 3.8) is 0 Å². The molecule has 2 heterocycles. The van der Waals surface area contributed by atoms with Crippen molar-refractivity contribution in [1.82, 2.24) is 20.4 Å². The van der Waals surface area contributed by atoms with Crippen molar-refractivity contribution in [1.29, 1.82) is 0 Å². The molecule has 4 amide bonds. The number of esters is 1. The fraction of sp³-hybridized carbons (Fsp3) is 0.656. The highest BCUT2D eigenvalue weighted by Crippen LogP contribution is 2.25. The third-order valence-electron chi connectivity index (χ3n) is 7.87. The monoisotopic (exact) mass is 600 g/mol. The highest BCUT2D eigenvalue weighted by molar-refractivity contribution is 5.94. The maximum atomic E-state index is 13.1. The summed E-state index contributed by atoms with van der Waals surface area (Å²) in [4.78, 5) is 66.9. The minimum absolute atomic E-state index is 0.0266. The van der Waals surface area contributed by atoms with E-state index >= 15 is 0 Å². The third-order valence-corrected chi connectivity index (χ3v) is 7.87. The van der Waals surface area contributed by atoms with E-state index in [0.29, 0.717) is 50.5 Å². The number of carbonyl (C=O) groups excluding carboxylic acids is 5. The molecule has 11 heteroatoms. The van der Waals surface area contributed by atoms with Gasteiger partial charge in [-0.05, 0) is 77.8 Å². The van der Waals surface area contributed by atoms with E-state index in [-0.39, 0.29) is 49.4 Å². The van der Waals surface area contributed by atoms with Crippen LogP contribution in [0.2, 0.25) is 0 Å². The number of hydrogen-bond acceptors (Lipinski definition) is 7. The minimum atomic E-state index is -0.736. The largest absolute Gasteiger partial charge is 0.466 e. The van der Waals surface area contributed by atoms with Crippen LogP contribution in [0.1, 0.15) is 76.6 Å². The second kappa shape index (κ2) is 16.3. The molecule has 238 valence electrons. The number of benzene rings is 1. The predicted octanol–water partition coefficient (Wildman–Crippen LogP) is 3.38. The Morgan fingerprint density at radius 1 is 0.930 bits per heavy atom. The van der Waals surface area contributed by atoms with Gasteiger partial charge in [-0.3, -0.25) is 19.2 Å². The Labute approximate surface area is 255 Å². The molecule has 2 saturated heterocycles. The first-order chi connectivity index (χ1) is 20.5. The highest BCUT2D eigenvalue weighted by atomic mass is 16.6. The summed E-state index contributed by atoms with van der Waals surface area (Å²) in [7, 11) is 0. The van der Waals surface area contributed by atoms with E-state index in [1.807, 2.05) is 26.8 Å². The van der Waals surface area contributed by atoms with Crippen LogP contribution >= 0.6 is 0 Å². The number of rotatable bonds is 11. The van der Waals surface area contributed by atoms with Gasteiger partial charge in [0.2, 0.25) is 11.8 Å². The molecule has 43 heavy (non-hydrogen) atoms. The highest BCUT2D eigenvalue weighted by Gasteiger charge is 2.31. The molecule has 0 bridgehead atoms. The van der Waals surface area contributed by atoms with Crippen LogP contribution in [-0.2, 0) is 23.9 Å². The van der Waals surface area contributed by atoms with E-state index in [2.05, 4.69) is 10.6 Å². The number of piperidine rings is 2. The summed E-state index contributed by atoms with van der Waals surface area (Å²) in [6.45, 7) is 9.74. The molecule has 3 rings (SSSR count). The number of ether oxygens (including phenoxy) is 2. The molecular formula is C32H48N4O7. The molecule has 1 aromatic rings. The second-order valence-corrected chi connectivity index (χ2v) is 12.4. The van der Waals surface area contributed by atoms with Gasteiger partial charge in [-0.2, -0.15) is 0 Å². The maximum absolute atomic E-state index is 13.1. The number of hydrogen-bond donors (Lipinski definition) is 2. The topological polar surface area (TPSA) is 134 Å². The molecule has 0 spiro atoms. The first-order valence-corrected chi connectivity index (χ1v) is 15.5. The van der Waals surface area contributed by atoms with Crippen molar-refractivity contribution in [2.45, 2.75) is 71.8 Å². The van der Waals surface area contributed by atoms with Gasteiger partial charge in [0.15, 0.2) is 0 Å². The minimum Gasteiger partial charge on any atom is -0.466 e. The van der Waals surface area contributed by atoms with Crippen LogP contribution in [0.3, 0.4) is 0 Å². The summed E-state index contributed by atoms with van der Waals surface area (Å²) in [6.07, 6.45) is 3.95. The Morgan fingerprint density at radius 3 is 2.26 bits per heavy atom. The summed E-state index contributed by atoms with van der Waals surface area (Å²) in [5.74, 6) is -1.70. The first-order valence-electron chi connectivity index (χ1n) is 15.5. The average molecular weight is 601 g/mol. The fourth-order valence-corrected chi connectivity index (χ4v) is 5.41. The molecule has 1 aromatic carbocycles. The smallest absolute Gasteiger partial charge is 0.410 e. The van der Waals surface area contributed by atoms with Crippen molar-refractivity contribution >= 4 is 29.8 Å². The number of nitrogens with one attached hydrogen (secondary N) is 2. The molecule has 2 aliphatic heterocycles. The lowest BCUT2D eigenvalue weighted by molar-refractivity contribution is -0.147. The Morgan fingerprint density at radius 2 is 1.60 bits per heavy atom. The molecule has 2 fully saturated rings. The second-order valence-electron chi connectivity index (χ2n) is 12.4. The Balaban J connectivity index is 1.42. The van der Waals surface area contributed by atoms with Gasteiger partial charge in [-0.25, -0.2) is 4.79 Å². The van der Waals surface area contributed by atoms with Crippen LogP contribution in [0.15, 0.2) is 30.3 Å². The maximum Gasteiger partial charge on any atom is 0.410 e. The molecule has 0 radical (unpaired) electrons. The van der Waals surface area contributed by atoms with E-state index < -0.39 is 17.5 Å². The van der Waals surface area contributed by atoms with E-state index in [1.165, 1.54) is 0 Å². The Hall–Kier alpha value is -3.63. The van der Waals surface area contributed by atoms with E-state index in [9.17, 15) is 24.0 Å². The molecule has 2 aliphatic rings. The summed E-state index contributed by atoms with van der Waals surface area (Å²) >= 11 is 0. The van der Waals surface area contributed by atoms with Crippen LogP contribution in [-0.4, -0.2) is 91.1 Å². The van der Waals surface area contributed by atoms with Crippen LogP contribution in [0.25, 0.3) is 0 Å². The molecule has 0 saturated carbocycles. The summed E-state index contributed by atoms with van der Waals surface area (Å²) < 4.78 is 10.6. The molecule has 0 aliphatic carbocycles. The van der Waals surface area contributed by atoms with Gasteiger partial charge in [0.25, 0.3) is 5.91 Å². The first kappa shape index (κ1) is 33.9. The summed E-state index contributed by atoms with van der Waals surface area (Å²) in [5.41, 5.74) is -0.0425. The zero-order chi connectivity index (χ0) is 31.4. The van der Waals surface area contributed by atoms with Crippen LogP contribution in [0.4, 0.5) is 4.79 Å². The van der Waals surface area contributed by atoms with Crippen molar-refractivity contribution in [3.05, 3.63) is 35.9 Å². The van der Waals surface area contributed by atoms with Gasteiger partial charge in [0.1, 0.15) is 5.60 Å². The number of amides is 4. The average Bonchev–Trinajstić information content (AvgIpc) is 2.99. The third kappa shape index (κ3) is 11.2. The van der Waals surface area contributed by atoms with Gasteiger partial charge >= 0.3 is 12.1 Å². The van der Waals surface area contributed by atoms with Gasteiger partial charge in [0, 0.05) is 51.3 Å². The van der Waals surface area contributed by atoms with Crippen molar-refractivity contribution in [2.24, 2.45) is 17.8 Å². The fourth-order valence-electron chi connectivity index (χ4n) is 5.41. The van der Waals surface area contributed by atoms with Crippen molar-refractivity contribution in [3.8, 4) is 0 Å². The Kier molecular flexibility index (Phi) is 12.8. The van der Waals surface area contributed by atoms with Crippen LogP contribution in [0.5, 0.6) is 0 Å². The summed E-state index contributed by atoms with van der Waals surface area (Å²) in [5, 5.41) is 5.61. The normalized spacial score (nSPS) is 18.4. The standard InChI is InChI=1S/C32H48N4O7/c1-5-42-30(40)26(20-33-28(38)24-10-7-6-8-11-24)21-34-29(39)25-12-9-17-36(22-25)27(37)14-13-23-15-18-35(19-16-23)31(41)43-32(2,3)4/h6-8,10-11,23,25-26H,5,9,12-22H2,1-4H3,(H,33,38)(H,34,39)/t25-,26?/m1/s1. The van der Waals surface area contributed by atoms with Gasteiger partial charge in [-0.1, -0.05) is 18.2 Å². The number of carbonyl (C=O) groups is 5. The van der Waals surface area contributed by atoms with Gasteiger partial charge < -0.3 is 29.9 Å². The SMILES string of the molecule is CCOC(=O)C(CNC(=O)c1ccccc1)CNC(=O)[C@@H]1CCCN(C(=O)CCC2CCN(C(=O)OC(C)(C)C)CC2)C1. The molecule has 1 unspecified atom stereocenters. The number of likely N-dealkylation sites (tertiary alicyclic amines) is 2.